The minimum absolute atomic E-state index is 0.136. The predicted octanol–water partition coefficient (Wildman–Crippen LogP) is 3.46. The van der Waals surface area contributed by atoms with Crippen molar-refractivity contribution in [2.24, 2.45) is 5.92 Å². The third-order valence-electron chi connectivity index (χ3n) is 3.58. The normalized spacial score (nSPS) is 20.1. The van der Waals surface area contributed by atoms with Crippen molar-refractivity contribution in [3.63, 3.8) is 0 Å². The maximum atomic E-state index is 12.8. The molecule has 8 heteroatoms. The van der Waals surface area contributed by atoms with Gasteiger partial charge in [-0.25, -0.2) is 8.42 Å². The number of nitrogens with one attached hydrogen (secondary N) is 1. The average molecular weight is 371 g/mol. The van der Waals surface area contributed by atoms with Crippen molar-refractivity contribution < 1.29 is 8.42 Å². The van der Waals surface area contributed by atoms with E-state index in [0.717, 1.165) is 43.7 Å². The van der Waals surface area contributed by atoms with Crippen molar-refractivity contribution in [2.75, 3.05) is 26.2 Å². The molecule has 1 saturated heterocycles. The van der Waals surface area contributed by atoms with Crippen LogP contribution in [0.4, 0.5) is 0 Å². The summed E-state index contributed by atoms with van der Waals surface area (Å²) in [5.74, 6) is 0.355. The maximum Gasteiger partial charge on any atom is 0.245 e. The van der Waals surface area contributed by atoms with E-state index in [1.165, 1.54) is 6.07 Å². The number of thiophene rings is 1. The Kier molecular flexibility index (Phi) is 6.35. The third kappa shape index (κ3) is 4.33. The summed E-state index contributed by atoms with van der Waals surface area (Å²) >= 11 is 13.0. The summed E-state index contributed by atoms with van der Waals surface area (Å²) in [5.41, 5.74) is 0. The van der Waals surface area contributed by atoms with Gasteiger partial charge in [-0.05, 0) is 44.3 Å². The number of hydrogen-bond donors (Lipinski definition) is 1. The van der Waals surface area contributed by atoms with E-state index in [0.29, 0.717) is 23.3 Å². The van der Waals surface area contributed by atoms with Crippen LogP contribution in [0.1, 0.15) is 26.2 Å². The lowest BCUT2D eigenvalue weighted by Crippen LogP contribution is -2.41. The second-order valence-corrected chi connectivity index (χ2v) is 9.46. The first-order chi connectivity index (χ1) is 9.95. The Morgan fingerprint density at radius 1 is 1.48 bits per heavy atom. The molecule has 1 atom stereocenters. The molecule has 2 heterocycles. The van der Waals surface area contributed by atoms with E-state index in [1.807, 2.05) is 6.92 Å². The number of sulfonamides is 1. The highest BCUT2D eigenvalue weighted by Crippen LogP contribution is 2.36. The molecule has 21 heavy (non-hydrogen) atoms. The van der Waals surface area contributed by atoms with E-state index in [9.17, 15) is 8.42 Å². The fourth-order valence-electron chi connectivity index (χ4n) is 2.57. The highest BCUT2D eigenvalue weighted by molar-refractivity contribution is 7.89. The first-order valence-electron chi connectivity index (χ1n) is 7.11. The van der Waals surface area contributed by atoms with Crippen LogP contribution in [0, 0.1) is 5.92 Å². The van der Waals surface area contributed by atoms with Gasteiger partial charge in [-0.2, -0.15) is 4.31 Å². The molecule has 1 aromatic rings. The summed E-state index contributed by atoms with van der Waals surface area (Å²) in [5, 5.41) is 3.32. The van der Waals surface area contributed by atoms with E-state index in [-0.39, 0.29) is 9.23 Å². The molecule has 1 N–H and O–H groups in total. The fourth-order valence-corrected chi connectivity index (χ4v) is 6.29. The molecule has 1 fully saturated rings. The number of nitrogens with zero attached hydrogens (tertiary/aromatic N) is 1. The molecule has 0 radical (unpaired) electrons. The summed E-state index contributed by atoms with van der Waals surface area (Å²) in [6.45, 7) is 4.90. The maximum absolute atomic E-state index is 12.8. The van der Waals surface area contributed by atoms with Gasteiger partial charge in [0.05, 0.1) is 4.34 Å². The van der Waals surface area contributed by atoms with Crippen LogP contribution in [0.2, 0.25) is 8.67 Å². The van der Waals surface area contributed by atoms with E-state index >= 15 is 0 Å². The van der Waals surface area contributed by atoms with Crippen molar-refractivity contribution in [1.82, 2.24) is 9.62 Å². The molecule has 4 nitrogen and oxygen atoms in total. The lowest BCUT2D eigenvalue weighted by molar-refractivity contribution is 0.291. The fraction of sp³-hybridized carbons (Fsp3) is 0.692. The largest absolute Gasteiger partial charge is 0.316 e. The van der Waals surface area contributed by atoms with Crippen molar-refractivity contribution in [2.45, 2.75) is 31.1 Å². The number of rotatable bonds is 6. The highest BCUT2D eigenvalue weighted by atomic mass is 35.5. The summed E-state index contributed by atoms with van der Waals surface area (Å²) in [6.07, 6.45) is 2.92. The molecule has 0 aliphatic carbocycles. The molecular weight excluding hydrogens is 351 g/mol. The average Bonchev–Trinajstić information content (AvgIpc) is 2.79. The van der Waals surface area contributed by atoms with E-state index in [1.54, 1.807) is 4.31 Å². The molecule has 0 aromatic carbocycles. The van der Waals surface area contributed by atoms with Crippen LogP contribution >= 0.6 is 34.5 Å². The number of piperidine rings is 1. The van der Waals surface area contributed by atoms with Gasteiger partial charge in [0, 0.05) is 13.1 Å². The van der Waals surface area contributed by atoms with E-state index in [2.05, 4.69) is 5.32 Å². The van der Waals surface area contributed by atoms with Crippen LogP contribution in [0.5, 0.6) is 0 Å². The first-order valence-corrected chi connectivity index (χ1v) is 10.1. The van der Waals surface area contributed by atoms with Gasteiger partial charge in [0.2, 0.25) is 10.0 Å². The van der Waals surface area contributed by atoms with Gasteiger partial charge in [-0.3, -0.25) is 0 Å². The standard InChI is InChI=1S/C13H20Cl2N2O2S2/c1-2-6-17(9-10-4-3-5-16-8-10)21(18,19)11-7-12(14)20-13(11)15/h7,10,16H,2-6,8-9H2,1H3. The minimum Gasteiger partial charge on any atom is -0.316 e. The number of hydrogen-bond acceptors (Lipinski definition) is 4. The Bertz CT molecular complexity index is 569. The van der Waals surface area contributed by atoms with E-state index in [4.69, 9.17) is 23.2 Å². The number of halogens is 2. The van der Waals surface area contributed by atoms with Crippen LogP contribution < -0.4 is 5.32 Å². The zero-order chi connectivity index (χ0) is 15.5. The quantitative estimate of drug-likeness (QED) is 0.833. The molecule has 2 rings (SSSR count). The molecule has 1 aliphatic heterocycles. The molecule has 120 valence electrons. The van der Waals surface area contributed by atoms with Gasteiger partial charge in [0.1, 0.15) is 9.23 Å². The summed E-state index contributed by atoms with van der Waals surface area (Å²) in [7, 11) is -3.57. The summed E-state index contributed by atoms with van der Waals surface area (Å²) in [4.78, 5) is 0.136. The van der Waals surface area contributed by atoms with Crippen LogP contribution in [0.15, 0.2) is 11.0 Å². The highest BCUT2D eigenvalue weighted by Gasteiger charge is 2.30. The molecule has 1 unspecified atom stereocenters. The van der Waals surface area contributed by atoms with Crippen molar-refractivity contribution in [1.29, 1.82) is 0 Å². The monoisotopic (exact) mass is 370 g/mol. The zero-order valence-corrected chi connectivity index (χ0v) is 15.1. The van der Waals surface area contributed by atoms with Gasteiger partial charge in [-0.15, -0.1) is 11.3 Å². The molecule has 1 aliphatic rings. The van der Waals surface area contributed by atoms with Gasteiger partial charge in [0.15, 0.2) is 0 Å². The smallest absolute Gasteiger partial charge is 0.245 e. The minimum atomic E-state index is -3.57. The van der Waals surface area contributed by atoms with Crippen molar-refractivity contribution in [3.05, 3.63) is 14.7 Å². The molecule has 0 spiro atoms. The Hall–Kier alpha value is 0.150. The SMILES string of the molecule is CCCN(CC1CCCNC1)S(=O)(=O)c1cc(Cl)sc1Cl. The van der Waals surface area contributed by atoms with Crippen molar-refractivity contribution in [3.8, 4) is 0 Å². The Labute approximate surface area is 140 Å². The summed E-state index contributed by atoms with van der Waals surface area (Å²) < 4.78 is 27.8. The second-order valence-electron chi connectivity index (χ2n) is 5.26. The zero-order valence-electron chi connectivity index (χ0n) is 11.9. The van der Waals surface area contributed by atoms with Crippen LogP contribution in [0.25, 0.3) is 0 Å². The Morgan fingerprint density at radius 3 is 2.76 bits per heavy atom. The first kappa shape index (κ1) is 17.5. The second kappa shape index (κ2) is 7.62. The Morgan fingerprint density at radius 2 is 2.24 bits per heavy atom. The lowest BCUT2D eigenvalue weighted by Gasteiger charge is -2.29. The predicted molar refractivity (Wildman–Crippen MR) is 89.0 cm³/mol. The third-order valence-corrected chi connectivity index (χ3v) is 7.20. The summed E-state index contributed by atoms with van der Waals surface area (Å²) in [6, 6.07) is 1.45. The van der Waals surface area contributed by atoms with Gasteiger partial charge in [-0.1, -0.05) is 30.1 Å². The van der Waals surface area contributed by atoms with Crippen molar-refractivity contribution >= 4 is 44.6 Å². The van der Waals surface area contributed by atoms with Crippen LogP contribution in [-0.2, 0) is 10.0 Å². The lowest BCUT2D eigenvalue weighted by atomic mass is 10.00. The van der Waals surface area contributed by atoms with Gasteiger partial charge >= 0.3 is 0 Å². The topological polar surface area (TPSA) is 49.4 Å². The van der Waals surface area contributed by atoms with Crippen LogP contribution in [0.3, 0.4) is 0 Å². The molecule has 1 aromatic heterocycles. The van der Waals surface area contributed by atoms with E-state index < -0.39 is 10.0 Å². The molecule has 0 bridgehead atoms. The van der Waals surface area contributed by atoms with Gasteiger partial charge < -0.3 is 5.32 Å². The molecule has 0 amide bonds. The van der Waals surface area contributed by atoms with Gasteiger partial charge in [0.25, 0.3) is 0 Å². The Balaban J connectivity index is 2.21. The van der Waals surface area contributed by atoms with Crippen LogP contribution in [-0.4, -0.2) is 38.9 Å². The molecular formula is C13H20Cl2N2O2S2. The molecule has 0 saturated carbocycles.